The molecule has 4 nitrogen and oxygen atoms in total. The van der Waals surface area contributed by atoms with Gasteiger partial charge in [-0.25, -0.2) is 9.59 Å². The van der Waals surface area contributed by atoms with Crippen LogP contribution in [0.4, 0.5) is 0 Å². The van der Waals surface area contributed by atoms with Crippen molar-refractivity contribution in [2.75, 3.05) is 0 Å². The van der Waals surface area contributed by atoms with Crippen molar-refractivity contribution in [2.45, 2.75) is 55.4 Å². The summed E-state index contributed by atoms with van der Waals surface area (Å²) in [6.07, 6.45) is 0. The lowest BCUT2D eigenvalue weighted by atomic mass is 10.1. The van der Waals surface area contributed by atoms with Crippen LogP contribution in [0.15, 0.2) is 36.4 Å². The van der Waals surface area contributed by atoms with Crippen molar-refractivity contribution in [3.63, 3.8) is 0 Å². The zero-order valence-electron chi connectivity index (χ0n) is 16.2. The third-order valence-electron chi connectivity index (χ3n) is 2.57. The maximum absolute atomic E-state index is 11.5. The summed E-state index contributed by atoms with van der Waals surface area (Å²) in [6.45, 7) is 21.7. The van der Waals surface area contributed by atoms with E-state index in [1.54, 1.807) is 39.8 Å². The molecule has 0 unspecified atom stereocenters. The first-order valence-electron chi connectivity index (χ1n) is 8.09. The summed E-state index contributed by atoms with van der Waals surface area (Å²) in [6, 6.07) is 3.30. The van der Waals surface area contributed by atoms with Crippen LogP contribution < -0.4 is 9.47 Å². The Balaban J connectivity index is 0. The van der Waals surface area contributed by atoms with Gasteiger partial charge < -0.3 is 9.47 Å². The van der Waals surface area contributed by atoms with Gasteiger partial charge in [-0.2, -0.15) is 0 Å². The van der Waals surface area contributed by atoms with Gasteiger partial charge in [0, 0.05) is 11.1 Å². The summed E-state index contributed by atoms with van der Waals surface area (Å²) in [5, 5.41) is 0. The van der Waals surface area contributed by atoms with E-state index >= 15 is 0 Å². The third kappa shape index (κ3) is 7.77. The van der Waals surface area contributed by atoms with Crippen molar-refractivity contribution < 1.29 is 19.1 Å². The normalized spacial score (nSPS) is 8.67. The molecule has 0 atom stereocenters. The molecule has 0 spiro atoms. The molecule has 4 heteroatoms. The predicted octanol–water partition coefficient (Wildman–Crippen LogP) is 5.32. The molecule has 0 aliphatic carbocycles. The van der Waals surface area contributed by atoms with E-state index in [4.69, 9.17) is 9.47 Å². The van der Waals surface area contributed by atoms with Crippen molar-refractivity contribution in [3.8, 4) is 11.5 Å². The van der Waals surface area contributed by atoms with Crippen LogP contribution in [-0.2, 0) is 9.59 Å². The maximum atomic E-state index is 11.5. The first kappa shape index (κ1) is 23.9. The van der Waals surface area contributed by atoms with Crippen molar-refractivity contribution in [2.24, 2.45) is 0 Å². The fourth-order valence-electron chi connectivity index (χ4n) is 1.36. The van der Waals surface area contributed by atoms with Crippen molar-refractivity contribution >= 4 is 11.9 Å². The van der Waals surface area contributed by atoms with E-state index in [1.807, 2.05) is 27.7 Å². The van der Waals surface area contributed by atoms with Crippen LogP contribution in [-0.4, -0.2) is 11.9 Å². The Morgan fingerprint density at radius 3 is 1.21 bits per heavy atom. The number of hydrogen-bond donors (Lipinski definition) is 0. The van der Waals surface area contributed by atoms with Crippen LogP contribution in [0.2, 0.25) is 0 Å². The highest BCUT2D eigenvalue weighted by Crippen LogP contribution is 2.28. The molecule has 0 fully saturated rings. The van der Waals surface area contributed by atoms with Crippen LogP contribution in [0.3, 0.4) is 0 Å². The maximum Gasteiger partial charge on any atom is 0.338 e. The van der Waals surface area contributed by atoms with Gasteiger partial charge in [0.05, 0.1) is 0 Å². The van der Waals surface area contributed by atoms with Crippen LogP contribution in [0.5, 0.6) is 11.5 Å². The molecule has 0 aliphatic heterocycles. The quantitative estimate of drug-likeness (QED) is 0.425. The van der Waals surface area contributed by atoms with E-state index < -0.39 is 11.9 Å². The molecule has 1 aromatic carbocycles. The fourth-order valence-corrected chi connectivity index (χ4v) is 1.36. The van der Waals surface area contributed by atoms with Gasteiger partial charge >= 0.3 is 11.9 Å². The Morgan fingerprint density at radius 2 is 1.00 bits per heavy atom. The minimum Gasteiger partial charge on any atom is -0.423 e. The molecule has 1 aromatic rings. The van der Waals surface area contributed by atoms with Gasteiger partial charge in [0.25, 0.3) is 0 Å². The molecule has 0 amide bonds. The van der Waals surface area contributed by atoms with Crippen LogP contribution in [0.25, 0.3) is 0 Å². The minimum atomic E-state index is -0.487. The molecule has 24 heavy (non-hydrogen) atoms. The first-order valence-corrected chi connectivity index (χ1v) is 8.09. The zero-order valence-corrected chi connectivity index (χ0v) is 16.2. The largest absolute Gasteiger partial charge is 0.423 e. The Hall–Kier alpha value is -2.36. The molecular weight excluding hydrogens is 304 g/mol. The lowest BCUT2D eigenvalue weighted by molar-refractivity contribution is -0.131. The zero-order chi connectivity index (χ0) is 19.4. The van der Waals surface area contributed by atoms with Crippen LogP contribution in [0.1, 0.15) is 52.7 Å². The van der Waals surface area contributed by atoms with Crippen LogP contribution >= 0.6 is 0 Å². The van der Waals surface area contributed by atoms with E-state index in [0.717, 1.165) is 0 Å². The highest BCUT2D eigenvalue weighted by atomic mass is 16.5. The summed E-state index contributed by atoms with van der Waals surface area (Å²) in [5.74, 6) is -0.130. The topological polar surface area (TPSA) is 52.6 Å². The molecule has 134 valence electrons. The fraction of sp³-hybridized carbons (Fsp3) is 0.400. The predicted molar refractivity (Wildman–Crippen MR) is 99.5 cm³/mol. The molecule has 0 radical (unpaired) electrons. The number of rotatable bonds is 4. The van der Waals surface area contributed by atoms with E-state index in [0.29, 0.717) is 33.8 Å². The molecule has 0 aliphatic rings. The second-order valence-corrected chi connectivity index (χ2v) is 4.72. The Morgan fingerprint density at radius 1 is 0.750 bits per heavy atom. The van der Waals surface area contributed by atoms with Crippen molar-refractivity contribution in [1.29, 1.82) is 0 Å². The molecule has 1 rings (SSSR count). The highest BCUT2D eigenvalue weighted by molar-refractivity contribution is 5.90. The molecule has 0 heterocycles. The average molecular weight is 334 g/mol. The third-order valence-corrected chi connectivity index (χ3v) is 2.57. The summed E-state index contributed by atoms with van der Waals surface area (Å²) in [5.41, 5.74) is 2.02. The summed E-state index contributed by atoms with van der Waals surface area (Å²) in [7, 11) is 0. The average Bonchev–Trinajstić information content (AvgIpc) is 2.55. The monoisotopic (exact) mass is 334 g/mol. The second-order valence-electron chi connectivity index (χ2n) is 4.72. The lowest BCUT2D eigenvalue weighted by Gasteiger charge is -2.12. The van der Waals surface area contributed by atoms with Gasteiger partial charge in [-0.3, -0.25) is 0 Å². The van der Waals surface area contributed by atoms with Crippen LogP contribution in [0, 0.1) is 13.8 Å². The number of benzene rings is 1. The summed E-state index contributed by atoms with van der Waals surface area (Å²) < 4.78 is 10.4. The number of ether oxygens (including phenoxy) is 2. The van der Waals surface area contributed by atoms with Gasteiger partial charge in [0.2, 0.25) is 0 Å². The smallest absolute Gasteiger partial charge is 0.338 e. The molecule has 0 N–H and O–H groups in total. The standard InChI is InChI=1S/C16H18O4.2C2H6/c1-9(2)15(17)19-13-7-12(6)14(8-11(13)5)20-16(18)10(3)4;2*1-2/h7-8H,1,3H2,2,4-6H3;2*1-2H3. The molecular formula is C20H30O4. The summed E-state index contributed by atoms with van der Waals surface area (Å²) >= 11 is 0. The van der Waals surface area contributed by atoms with Gasteiger partial charge in [-0.05, 0) is 51.0 Å². The summed E-state index contributed by atoms with van der Waals surface area (Å²) in [4.78, 5) is 23.0. The number of esters is 2. The van der Waals surface area contributed by atoms with Gasteiger partial charge in [0.15, 0.2) is 0 Å². The number of carbonyl (C=O) groups excluding carboxylic acids is 2. The van der Waals surface area contributed by atoms with Gasteiger partial charge in [-0.1, -0.05) is 40.9 Å². The van der Waals surface area contributed by atoms with E-state index in [9.17, 15) is 9.59 Å². The van der Waals surface area contributed by atoms with Crippen molar-refractivity contribution in [1.82, 2.24) is 0 Å². The SMILES string of the molecule is C=C(C)C(=O)Oc1cc(C)c(OC(=O)C(=C)C)cc1C.CC.CC. The molecule has 0 aromatic heterocycles. The molecule has 0 saturated carbocycles. The van der Waals surface area contributed by atoms with E-state index in [1.165, 1.54) is 0 Å². The first-order chi connectivity index (χ1) is 11.2. The number of carbonyl (C=O) groups is 2. The molecule has 0 bridgehead atoms. The Bertz CT molecular complexity index is 544. The Labute approximate surface area is 146 Å². The van der Waals surface area contributed by atoms with E-state index in [2.05, 4.69) is 13.2 Å². The lowest BCUT2D eigenvalue weighted by Crippen LogP contribution is -2.11. The van der Waals surface area contributed by atoms with Gasteiger partial charge in [-0.15, -0.1) is 0 Å². The second kappa shape index (κ2) is 12.1. The number of aryl methyl sites for hydroxylation is 2. The Kier molecular flexibility index (Phi) is 12.1. The van der Waals surface area contributed by atoms with Gasteiger partial charge in [0.1, 0.15) is 11.5 Å². The molecule has 0 saturated heterocycles. The number of hydrogen-bond acceptors (Lipinski definition) is 4. The highest BCUT2D eigenvalue weighted by Gasteiger charge is 2.13. The van der Waals surface area contributed by atoms with E-state index in [-0.39, 0.29) is 0 Å². The minimum absolute atomic E-state index is 0.319. The van der Waals surface area contributed by atoms with Crippen molar-refractivity contribution in [3.05, 3.63) is 47.6 Å².